The summed E-state index contributed by atoms with van der Waals surface area (Å²) in [6.07, 6.45) is 12.2. The number of carbonyl (C=O) groups excluding carboxylic acids is 2. The van der Waals surface area contributed by atoms with Gasteiger partial charge >= 0.3 is 12.0 Å². The Bertz CT molecular complexity index is 1250. The van der Waals surface area contributed by atoms with Gasteiger partial charge < -0.3 is 20.2 Å². The molecular formula is C34H45N5O4. The summed E-state index contributed by atoms with van der Waals surface area (Å²) in [5.41, 5.74) is 2.70. The van der Waals surface area contributed by atoms with E-state index < -0.39 is 5.97 Å². The first-order chi connectivity index (χ1) is 21.0. The lowest BCUT2D eigenvalue weighted by Crippen LogP contribution is -2.48. The maximum atomic E-state index is 13.9. The van der Waals surface area contributed by atoms with Crippen LogP contribution in [0.15, 0.2) is 48.7 Å². The molecule has 6 rings (SSSR count). The highest BCUT2D eigenvalue weighted by Gasteiger charge is 2.45. The van der Waals surface area contributed by atoms with Crippen molar-refractivity contribution in [2.24, 2.45) is 5.92 Å². The number of aromatic nitrogens is 1. The van der Waals surface area contributed by atoms with Crippen molar-refractivity contribution in [2.45, 2.75) is 101 Å². The molecule has 2 aliphatic carbocycles. The second-order valence-electron chi connectivity index (χ2n) is 13.0. The third-order valence-corrected chi connectivity index (χ3v) is 10.2. The Morgan fingerprint density at radius 3 is 2.23 bits per heavy atom. The molecule has 1 aromatic heterocycles. The van der Waals surface area contributed by atoms with E-state index in [1.807, 2.05) is 12.1 Å². The molecule has 2 aliphatic heterocycles. The third-order valence-electron chi connectivity index (χ3n) is 10.2. The minimum Gasteiger partial charge on any atom is -0.481 e. The van der Waals surface area contributed by atoms with E-state index >= 15 is 0 Å². The lowest BCUT2D eigenvalue weighted by atomic mass is 9.86. The van der Waals surface area contributed by atoms with E-state index in [1.165, 1.54) is 24.8 Å². The Hall–Kier alpha value is -3.46. The van der Waals surface area contributed by atoms with Crippen molar-refractivity contribution in [3.05, 3.63) is 65.5 Å². The second-order valence-corrected chi connectivity index (χ2v) is 13.0. The van der Waals surface area contributed by atoms with Crippen LogP contribution in [0.3, 0.4) is 0 Å². The van der Waals surface area contributed by atoms with Gasteiger partial charge in [0, 0.05) is 50.5 Å². The summed E-state index contributed by atoms with van der Waals surface area (Å²) in [6.45, 7) is 3.40. The number of urea groups is 1. The fourth-order valence-corrected chi connectivity index (χ4v) is 7.69. The van der Waals surface area contributed by atoms with E-state index in [4.69, 9.17) is 0 Å². The first-order valence-electron chi connectivity index (χ1n) is 16.3. The smallest absolute Gasteiger partial charge is 0.321 e. The summed E-state index contributed by atoms with van der Waals surface area (Å²) in [6, 6.07) is 15.3. The SMILES string of the molecule is O=C(NC1CCC(C(=O)O)CC1)c1ccc(CN2CCC(N3C(=O)N(C4CCCCC4)C[C@H]3c3ccccc3)CC2)cn1. The lowest BCUT2D eigenvalue weighted by Gasteiger charge is -2.39. The molecule has 0 radical (unpaired) electrons. The molecule has 2 N–H and O–H groups in total. The van der Waals surface area contributed by atoms with E-state index in [0.29, 0.717) is 37.4 Å². The van der Waals surface area contributed by atoms with Crippen molar-refractivity contribution in [2.75, 3.05) is 19.6 Å². The molecule has 1 atom stereocenters. The average molecular weight is 588 g/mol. The number of pyridine rings is 1. The van der Waals surface area contributed by atoms with Crippen LogP contribution in [0.4, 0.5) is 4.79 Å². The van der Waals surface area contributed by atoms with Crippen molar-refractivity contribution in [3.63, 3.8) is 0 Å². The Kier molecular flexibility index (Phi) is 9.26. The van der Waals surface area contributed by atoms with Crippen LogP contribution in [0.1, 0.15) is 98.3 Å². The molecule has 4 fully saturated rings. The molecule has 3 heterocycles. The van der Waals surface area contributed by atoms with Gasteiger partial charge in [-0.05, 0) is 68.6 Å². The van der Waals surface area contributed by atoms with Crippen molar-refractivity contribution in [1.29, 1.82) is 0 Å². The van der Waals surface area contributed by atoms with Gasteiger partial charge in [-0.25, -0.2) is 4.79 Å². The van der Waals surface area contributed by atoms with Crippen LogP contribution in [0.2, 0.25) is 0 Å². The highest BCUT2D eigenvalue weighted by molar-refractivity contribution is 5.92. The second kappa shape index (κ2) is 13.5. The van der Waals surface area contributed by atoms with Crippen LogP contribution < -0.4 is 5.32 Å². The van der Waals surface area contributed by atoms with Gasteiger partial charge in [0.1, 0.15) is 5.69 Å². The number of aliphatic carboxylic acids is 1. The fraction of sp³-hybridized carbons (Fsp3) is 0.588. The standard InChI is InChI=1S/C34H45N5O4/c40-32(36-27-14-12-26(13-15-27)33(41)42)30-16-11-24(21-35-30)22-37-19-17-29(18-20-37)39-31(25-7-3-1-4-8-25)23-38(34(39)43)28-9-5-2-6-10-28/h1,3-4,7-8,11,16,21,26-29,31H,2,5-6,9-10,12-15,17-20,22-23H2,(H,36,40)(H,41,42)/t26?,27?,31-/m0/s1. The Morgan fingerprint density at radius 2 is 1.58 bits per heavy atom. The predicted molar refractivity (Wildman–Crippen MR) is 163 cm³/mol. The number of likely N-dealkylation sites (tertiary alicyclic amines) is 1. The number of rotatable bonds is 8. The number of amides is 3. The van der Waals surface area contributed by atoms with E-state index in [9.17, 15) is 19.5 Å². The van der Waals surface area contributed by atoms with Crippen LogP contribution in [0, 0.1) is 5.92 Å². The quantitative estimate of drug-likeness (QED) is 0.438. The van der Waals surface area contributed by atoms with Gasteiger partial charge in [0.15, 0.2) is 0 Å². The fourth-order valence-electron chi connectivity index (χ4n) is 7.69. The van der Waals surface area contributed by atoms with Crippen molar-refractivity contribution in [3.8, 4) is 0 Å². The molecule has 3 amide bonds. The summed E-state index contributed by atoms with van der Waals surface area (Å²) < 4.78 is 0. The van der Waals surface area contributed by atoms with E-state index in [2.05, 4.69) is 49.3 Å². The van der Waals surface area contributed by atoms with Gasteiger partial charge in [0.2, 0.25) is 0 Å². The van der Waals surface area contributed by atoms with Gasteiger partial charge in [-0.1, -0.05) is 55.7 Å². The molecule has 0 bridgehead atoms. The van der Waals surface area contributed by atoms with Crippen LogP contribution in [0.5, 0.6) is 0 Å². The van der Waals surface area contributed by atoms with E-state index in [1.54, 1.807) is 12.3 Å². The number of piperidine rings is 1. The van der Waals surface area contributed by atoms with E-state index in [-0.39, 0.29) is 36.0 Å². The average Bonchev–Trinajstić information content (AvgIpc) is 3.39. The molecule has 9 heteroatoms. The highest BCUT2D eigenvalue weighted by atomic mass is 16.4. The predicted octanol–water partition coefficient (Wildman–Crippen LogP) is 5.23. The first kappa shape index (κ1) is 29.6. The van der Waals surface area contributed by atoms with Gasteiger partial charge in [-0.3, -0.25) is 19.5 Å². The zero-order chi connectivity index (χ0) is 29.8. The summed E-state index contributed by atoms with van der Waals surface area (Å²) in [4.78, 5) is 49.1. The maximum absolute atomic E-state index is 13.9. The molecule has 2 aromatic rings. The van der Waals surface area contributed by atoms with Gasteiger partial charge in [-0.2, -0.15) is 0 Å². The molecule has 2 saturated heterocycles. The molecule has 2 saturated carbocycles. The monoisotopic (exact) mass is 587 g/mol. The van der Waals surface area contributed by atoms with Gasteiger partial charge in [0.25, 0.3) is 5.91 Å². The molecule has 1 aromatic carbocycles. The number of carbonyl (C=O) groups is 3. The number of carboxylic acid groups (broad SMARTS) is 1. The topological polar surface area (TPSA) is 106 Å². The molecule has 0 spiro atoms. The normalized spacial score (nSPS) is 26.0. The lowest BCUT2D eigenvalue weighted by molar-refractivity contribution is -0.142. The summed E-state index contributed by atoms with van der Waals surface area (Å²) in [5, 5.41) is 12.2. The molecule has 0 unspecified atom stereocenters. The highest BCUT2D eigenvalue weighted by Crippen LogP contribution is 2.38. The number of carboxylic acids is 1. The van der Waals surface area contributed by atoms with Crippen molar-refractivity contribution < 1.29 is 19.5 Å². The zero-order valence-corrected chi connectivity index (χ0v) is 25.1. The van der Waals surface area contributed by atoms with Crippen molar-refractivity contribution >= 4 is 17.9 Å². The molecule has 4 aliphatic rings. The van der Waals surface area contributed by atoms with Crippen LogP contribution in [0.25, 0.3) is 0 Å². The van der Waals surface area contributed by atoms with E-state index in [0.717, 1.165) is 57.4 Å². The number of hydrogen-bond acceptors (Lipinski definition) is 5. The largest absolute Gasteiger partial charge is 0.481 e. The van der Waals surface area contributed by atoms with Gasteiger partial charge in [0.05, 0.1) is 12.0 Å². The minimum atomic E-state index is -0.742. The minimum absolute atomic E-state index is 0.00425. The summed E-state index contributed by atoms with van der Waals surface area (Å²) in [5.74, 6) is -1.24. The molecule has 43 heavy (non-hydrogen) atoms. The van der Waals surface area contributed by atoms with Crippen molar-refractivity contribution in [1.82, 2.24) is 25.0 Å². The summed E-state index contributed by atoms with van der Waals surface area (Å²) in [7, 11) is 0. The Labute approximate surface area is 254 Å². The number of nitrogens with zero attached hydrogens (tertiary/aromatic N) is 4. The van der Waals surface area contributed by atoms with Gasteiger partial charge in [-0.15, -0.1) is 0 Å². The number of nitrogens with one attached hydrogen (secondary N) is 1. The molecular weight excluding hydrogens is 542 g/mol. The Balaban J connectivity index is 1.02. The molecule has 230 valence electrons. The number of benzene rings is 1. The van der Waals surface area contributed by atoms with Crippen LogP contribution in [-0.2, 0) is 11.3 Å². The maximum Gasteiger partial charge on any atom is 0.321 e. The van der Waals surface area contributed by atoms with Crippen LogP contribution in [-0.4, -0.2) is 80.5 Å². The number of hydrogen-bond donors (Lipinski definition) is 2. The zero-order valence-electron chi connectivity index (χ0n) is 25.1. The van der Waals surface area contributed by atoms with Crippen LogP contribution >= 0.6 is 0 Å². The third kappa shape index (κ3) is 6.87. The molecule has 9 nitrogen and oxygen atoms in total. The Morgan fingerprint density at radius 1 is 0.860 bits per heavy atom. The summed E-state index contributed by atoms with van der Waals surface area (Å²) >= 11 is 0. The first-order valence-corrected chi connectivity index (χ1v) is 16.3.